The molecule has 1 aromatic rings. The van der Waals surface area contributed by atoms with E-state index in [9.17, 15) is 13.5 Å². The van der Waals surface area contributed by atoms with Crippen molar-refractivity contribution < 1.29 is 13.5 Å². The van der Waals surface area contributed by atoms with Crippen LogP contribution in [0.15, 0.2) is 5.38 Å². The van der Waals surface area contributed by atoms with E-state index in [0.717, 1.165) is 17.0 Å². The van der Waals surface area contributed by atoms with E-state index in [1.807, 2.05) is 12.3 Å². The summed E-state index contributed by atoms with van der Waals surface area (Å²) in [5.41, 5.74) is 0.900. The lowest BCUT2D eigenvalue weighted by atomic mass is 10.3. The van der Waals surface area contributed by atoms with Gasteiger partial charge in [-0.05, 0) is 6.92 Å². The number of hydrogen-bond acceptors (Lipinski definition) is 5. The van der Waals surface area contributed by atoms with Crippen molar-refractivity contribution in [2.75, 3.05) is 12.0 Å². The molecule has 1 unspecified atom stereocenters. The molecule has 0 aliphatic heterocycles. The summed E-state index contributed by atoms with van der Waals surface area (Å²) in [5, 5.41) is 12.1. The fourth-order valence-electron chi connectivity index (χ4n) is 1.11. The standard InChI is InChI=1S/C8H13NO3S2/c1-6-4-13-8(9-6)3-7(10)5-14(2,11)12/h4,7,10H,3,5H2,1-2H3. The quantitative estimate of drug-likeness (QED) is 0.820. The maximum atomic E-state index is 10.9. The third-order valence-electron chi connectivity index (χ3n) is 1.57. The van der Waals surface area contributed by atoms with Crippen LogP contribution in [0.3, 0.4) is 0 Å². The molecule has 0 radical (unpaired) electrons. The Kier molecular flexibility index (Phi) is 3.63. The van der Waals surface area contributed by atoms with Crippen LogP contribution in [0.2, 0.25) is 0 Å². The summed E-state index contributed by atoms with van der Waals surface area (Å²) in [4.78, 5) is 4.14. The van der Waals surface area contributed by atoms with Crippen LogP contribution in [0.4, 0.5) is 0 Å². The zero-order chi connectivity index (χ0) is 10.8. The van der Waals surface area contributed by atoms with Gasteiger partial charge >= 0.3 is 0 Å². The fourth-order valence-corrected chi connectivity index (χ4v) is 2.77. The van der Waals surface area contributed by atoms with Crippen LogP contribution >= 0.6 is 11.3 Å². The van der Waals surface area contributed by atoms with Gasteiger partial charge in [0.2, 0.25) is 0 Å². The van der Waals surface area contributed by atoms with Gasteiger partial charge in [0.05, 0.1) is 16.9 Å². The number of thiazole rings is 1. The Morgan fingerprint density at radius 3 is 2.71 bits per heavy atom. The van der Waals surface area contributed by atoms with Crippen LogP contribution in [0, 0.1) is 6.92 Å². The van der Waals surface area contributed by atoms with Crippen molar-refractivity contribution in [3.8, 4) is 0 Å². The van der Waals surface area contributed by atoms with Crippen molar-refractivity contribution in [1.29, 1.82) is 0 Å². The minimum Gasteiger partial charge on any atom is -0.392 e. The van der Waals surface area contributed by atoms with E-state index in [0.29, 0.717) is 6.42 Å². The van der Waals surface area contributed by atoms with E-state index < -0.39 is 15.9 Å². The van der Waals surface area contributed by atoms with Gasteiger partial charge < -0.3 is 5.11 Å². The predicted molar refractivity (Wildman–Crippen MR) is 56.3 cm³/mol. The zero-order valence-corrected chi connectivity index (χ0v) is 9.73. The summed E-state index contributed by atoms with van der Waals surface area (Å²) >= 11 is 1.44. The van der Waals surface area contributed by atoms with E-state index in [2.05, 4.69) is 4.98 Å². The molecule has 1 heterocycles. The highest BCUT2D eigenvalue weighted by Gasteiger charge is 2.14. The molecule has 0 saturated carbocycles. The molecule has 1 N–H and O–H groups in total. The molecule has 0 amide bonds. The van der Waals surface area contributed by atoms with Crippen LogP contribution in [0.1, 0.15) is 10.7 Å². The highest BCUT2D eigenvalue weighted by molar-refractivity contribution is 7.90. The lowest BCUT2D eigenvalue weighted by molar-refractivity contribution is 0.198. The summed E-state index contributed by atoms with van der Waals surface area (Å²) in [6.07, 6.45) is 0.574. The van der Waals surface area contributed by atoms with E-state index in [1.165, 1.54) is 11.3 Å². The van der Waals surface area contributed by atoms with Crippen molar-refractivity contribution in [2.45, 2.75) is 19.4 Å². The minimum atomic E-state index is -3.11. The first-order chi connectivity index (χ1) is 6.37. The van der Waals surface area contributed by atoms with Crippen LogP contribution in [-0.4, -0.2) is 36.6 Å². The first-order valence-corrected chi connectivity index (χ1v) is 7.07. The number of rotatable bonds is 4. The van der Waals surface area contributed by atoms with Gasteiger partial charge in [0, 0.05) is 23.8 Å². The zero-order valence-electron chi connectivity index (χ0n) is 8.10. The number of nitrogens with zero attached hydrogens (tertiary/aromatic N) is 1. The molecule has 14 heavy (non-hydrogen) atoms. The number of hydrogen-bond donors (Lipinski definition) is 1. The largest absolute Gasteiger partial charge is 0.392 e. The number of aromatic nitrogens is 1. The minimum absolute atomic E-state index is 0.203. The van der Waals surface area contributed by atoms with Crippen LogP contribution < -0.4 is 0 Å². The van der Waals surface area contributed by atoms with Crippen molar-refractivity contribution in [2.24, 2.45) is 0 Å². The Bertz CT molecular complexity index is 396. The number of aliphatic hydroxyl groups is 1. The number of aliphatic hydroxyl groups excluding tert-OH is 1. The molecular weight excluding hydrogens is 222 g/mol. The van der Waals surface area contributed by atoms with Crippen LogP contribution in [0.5, 0.6) is 0 Å². The van der Waals surface area contributed by atoms with Gasteiger partial charge in [0.15, 0.2) is 0 Å². The van der Waals surface area contributed by atoms with E-state index in [-0.39, 0.29) is 5.75 Å². The SMILES string of the molecule is Cc1csc(CC(O)CS(C)(=O)=O)n1. The summed E-state index contributed by atoms with van der Waals surface area (Å²) < 4.78 is 21.7. The molecule has 1 rings (SSSR count). The van der Waals surface area contributed by atoms with Gasteiger partial charge in [-0.1, -0.05) is 0 Å². The fraction of sp³-hybridized carbons (Fsp3) is 0.625. The topological polar surface area (TPSA) is 67.3 Å². The molecule has 0 spiro atoms. The Labute approximate surface area is 87.5 Å². The second-order valence-electron chi connectivity index (χ2n) is 3.33. The van der Waals surface area contributed by atoms with Gasteiger partial charge in [-0.15, -0.1) is 11.3 Å². The molecule has 6 heteroatoms. The van der Waals surface area contributed by atoms with Crippen molar-refractivity contribution >= 4 is 21.2 Å². The summed E-state index contributed by atoms with van der Waals surface area (Å²) in [6.45, 7) is 1.86. The Morgan fingerprint density at radius 1 is 1.64 bits per heavy atom. The van der Waals surface area contributed by atoms with Crippen molar-refractivity contribution in [1.82, 2.24) is 4.98 Å². The predicted octanol–water partition coefficient (Wildman–Crippen LogP) is 0.400. The second-order valence-corrected chi connectivity index (χ2v) is 6.46. The molecule has 0 bridgehead atoms. The molecule has 1 atom stereocenters. The monoisotopic (exact) mass is 235 g/mol. The lowest BCUT2D eigenvalue weighted by Gasteiger charge is -2.06. The first kappa shape index (κ1) is 11.6. The van der Waals surface area contributed by atoms with Gasteiger partial charge in [-0.25, -0.2) is 13.4 Å². The third kappa shape index (κ3) is 4.17. The molecule has 1 aromatic heterocycles. The Morgan fingerprint density at radius 2 is 2.29 bits per heavy atom. The van der Waals surface area contributed by atoms with Crippen LogP contribution in [-0.2, 0) is 16.3 Å². The summed E-state index contributed by atoms with van der Waals surface area (Å²) in [5.74, 6) is -0.203. The summed E-state index contributed by atoms with van der Waals surface area (Å²) in [6, 6.07) is 0. The average molecular weight is 235 g/mol. The molecule has 0 aliphatic rings. The van der Waals surface area contributed by atoms with Crippen molar-refractivity contribution in [3.05, 3.63) is 16.1 Å². The maximum Gasteiger partial charge on any atom is 0.150 e. The molecule has 4 nitrogen and oxygen atoms in total. The highest BCUT2D eigenvalue weighted by atomic mass is 32.2. The molecule has 0 aliphatic carbocycles. The van der Waals surface area contributed by atoms with E-state index >= 15 is 0 Å². The average Bonchev–Trinajstić information content (AvgIpc) is 2.30. The smallest absolute Gasteiger partial charge is 0.150 e. The van der Waals surface area contributed by atoms with Gasteiger partial charge in [-0.3, -0.25) is 0 Å². The molecule has 0 fully saturated rings. The third-order valence-corrected chi connectivity index (χ3v) is 3.55. The molecule has 80 valence electrons. The van der Waals surface area contributed by atoms with Crippen LogP contribution in [0.25, 0.3) is 0 Å². The first-order valence-electron chi connectivity index (χ1n) is 4.13. The van der Waals surface area contributed by atoms with Gasteiger partial charge in [0.1, 0.15) is 9.84 Å². The van der Waals surface area contributed by atoms with E-state index in [4.69, 9.17) is 0 Å². The van der Waals surface area contributed by atoms with Gasteiger partial charge in [-0.2, -0.15) is 0 Å². The normalized spacial score (nSPS) is 14.2. The molecular formula is C8H13NO3S2. The maximum absolute atomic E-state index is 10.9. The summed E-state index contributed by atoms with van der Waals surface area (Å²) in [7, 11) is -3.11. The second kappa shape index (κ2) is 4.37. The lowest BCUT2D eigenvalue weighted by Crippen LogP contribution is -2.21. The number of sulfone groups is 1. The van der Waals surface area contributed by atoms with Gasteiger partial charge in [0.25, 0.3) is 0 Å². The highest BCUT2D eigenvalue weighted by Crippen LogP contribution is 2.11. The molecule has 0 aromatic carbocycles. The van der Waals surface area contributed by atoms with Crippen molar-refractivity contribution in [3.63, 3.8) is 0 Å². The van der Waals surface area contributed by atoms with E-state index in [1.54, 1.807) is 0 Å². The Hall–Kier alpha value is -0.460. The number of aryl methyl sites for hydroxylation is 1. The Balaban J connectivity index is 2.53. The molecule has 0 saturated heterocycles.